The van der Waals surface area contributed by atoms with Crippen molar-refractivity contribution in [2.45, 2.75) is 32.6 Å². The predicted octanol–water partition coefficient (Wildman–Crippen LogP) is 3.89. The molecule has 0 amide bonds. The third-order valence-electron chi connectivity index (χ3n) is 4.66. The SMILES string of the molecule is Cc1cccc2nc(-c3ccc4c(c3)CCCC4)c(C(=O)O)n12. The molecule has 4 heteroatoms. The molecule has 2 heterocycles. The van der Waals surface area contributed by atoms with Gasteiger partial charge < -0.3 is 5.11 Å². The molecule has 4 nitrogen and oxygen atoms in total. The van der Waals surface area contributed by atoms with Crippen LogP contribution in [0.5, 0.6) is 0 Å². The number of rotatable bonds is 2. The highest BCUT2D eigenvalue weighted by Crippen LogP contribution is 2.30. The fourth-order valence-corrected chi connectivity index (χ4v) is 3.53. The molecule has 2 aromatic heterocycles. The smallest absolute Gasteiger partial charge is 0.355 e. The van der Waals surface area contributed by atoms with Crippen molar-refractivity contribution in [1.29, 1.82) is 0 Å². The fraction of sp³-hybridized carbons (Fsp3) is 0.263. The van der Waals surface area contributed by atoms with Crippen molar-refractivity contribution in [3.05, 3.63) is 58.9 Å². The molecule has 0 saturated carbocycles. The number of aromatic nitrogens is 2. The van der Waals surface area contributed by atoms with E-state index >= 15 is 0 Å². The second kappa shape index (κ2) is 5.23. The van der Waals surface area contributed by atoms with Crippen molar-refractivity contribution in [2.75, 3.05) is 0 Å². The van der Waals surface area contributed by atoms with Crippen LogP contribution in [0.2, 0.25) is 0 Å². The number of carboxylic acid groups (broad SMARTS) is 1. The van der Waals surface area contributed by atoms with Crippen molar-refractivity contribution < 1.29 is 9.90 Å². The molecule has 0 fully saturated rings. The first-order valence-electron chi connectivity index (χ1n) is 7.98. The normalized spacial score (nSPS) is 14.0. The lowest BCUT2D eigenvalue weighted by molar-refractivity contribution is 0.0690. The number of hydrogen-bond donors (Lipinski definition) is 1. The van der Waals surface area contributed by atoms with E-state index in [1.807, 2.05) is 31.2 Å². The first kappa shape index (κ1) is 14.0. The van der Waals surface area contributed by atoms with E-state index in [0.717, 1.165) is 24.1 Å². The van der Waals surface area contributed by atoms with Crippen LogP contribution in [-0.2, 0) is 12.8 Å². The Kier molecular flexibility index (Phi) is 3.18. The lowest BCUT2D eigenvalue weighted by atomic mass is 9.90. The first-order valence-corrected chi connectivity index (χ1v) is 7.98. The van der Waals surface area contributed by atoms with Gasteiger partial charge in [-0.1, -0.05) is 18.2 Å². The Morgan fingerprint density at radius 1 is 1.13 bits per heavy atom. The van der Waals surface area contributed by atoms with Crippen LogP contribution in [0.3, 0.4) is 0 Å². The van der Waals surface area contributed by atoms with E-state index in [1.54, 1.807) is 4.40 Å². The summed E-state index contributed by atoms with van der Waals surface area (Å²) < 4.78 is 1.72. The minimum Gasteiger partial charge on any atom is -0.476 e. The fourth-order valence-electron chi connectivity index (χ4n) is 3.53. The molecule has 1 aromatic carbocycles. The predicted molar refractivity (Wildman–Crippen MR) is 89.0 cm³/mol. The van der Waals surface area contributed by atoms with Crippen molar-refractivity contribution >= 4 is 11.6 Å². The quantitative estimate of drug-likeness (QED) is 0.781. The summed E-state index contributed by atoms with van der Waals surface area (Å²) in [5, 5.41) is 9.72. The molecule has 0 aliphatic heterocycles. The van der Waals surface area contributed by atoms with Crippen LogP contribution >= 0.6 is 0 Å². The van der Waals surface area contributed by atoms with Crippen LogP contribution in [0.15, 0.2) is 36.4 Å². The van der Waals surface area contributed by atoms with Crippen LogP contribution in [0, 0.1) is 6.92 Å². The molecule has 0 saturated heterocycles. The zero-order valence-corrected chi connectivity index (χ0v) is 13.0. The first-order chi connectivity index (χ1) is 11.1. The number of aryl methyl sites for hydroxylation is 3. The number of benzene rings is 1. The molecule has 0 radical (unpaired) electrons. The van der Waals surface area contributed by atoms with Gasteiger partial charge in [-0.25, -0.2) is 9.78 Å². The number of hydrogen-bond acceptors (Lipinski definition) is 2. The van der Waals surface area contributed by atoms with Crippen LogP contribution in [-0.4, -0.2) is 20.5 Å². The van der Waals surface area contributed by atoms with Crippen LogP contribution in [0.1, 0.15) is 40.2 Å². The lowest BCUT2D eigenvalue weighted by Gasteiger charge is -2.16. The van der Waals surface area contributed by atoms with Crippen molar-refractivity contribution in [1.82, 2.24) is 9.38 Å². The molecular formula is C19H18N2O2. The number of carbonyl (C=O) groups is 1. The lowest BCUT2D eigenvalue weighted by Crippen LogP contribution is -2.06. The standard InChI is InChI=1S/C19H18N2O2/c1-12-5-4-8-16-20-17(18(19(22)23)21(12)16)15-10-9-13-6-2-3-7-14(13)11-15/h4-5,8-11H,2-3,6-7H2,1H3,(H,22,23). The summed E-state index contributed by atoms with van der Waals surface area (Å²) in [6.07, 6.45) is 4.62. The third-order valence-corrected chi connectivity index (χ3v) is 4.66. The van der Waals surface area contributed by atoms with Crippen LogP contribution in [0.4, 0.5) is 0 Å². The Balaban J connectivity index is 1.97. The summed E-state index contributed by atoms with van der Waals surface area (Å²) in [7, 11) is 0. The van der Waals surface area contributed by atoms with Crippen molar-refractivity contribution in [3.63, 3.8) is 0 Å². The number of fused-ring (bicyclic) bond motifs is 2. The Labute approximate surface area is 134 Å². The van der Waals surface area contributed by atoms with Gasteiger partial charge in [-0.05, 0) is 61.9 Å². The van der Waals surface area contributed by atoms with Crippen LogP contribution < -0.4 is 0 Å². The molecule has 0 atom stereocenters. The van der Waals surface area contributed by atoms with E-state index < -0.39 is 5.97 Å². The minimum absolute atomic E-state index is 0.244. The maximum atomic E-state index is 11.9. The summed E-state index contributed by atoms with van der Waals surface area (Å²) in [6, 6.07) is 11.9. The van der Waals surface area contributed by atoms with Crippen LogP contribution in [0.25, 0.3) is 16.9 Å². The highest BCUT2D eigenvalue weighted by Gasteiger charge is 2.22. The monoisotopic (exact) mass is 306 g/mol. The van der Waals surface area contributed by atoms with Gasteiger partial charge in [-0.15, -0.1) is 0 Å². The van der Waals surface area contributed by atoms with Gasteiger partial charge in [0.15, 0.2) is 5.69 Å². The number of carboxylic acids is 1. The largest absolute Gasteiger partial charge is 0.476 e. The van der Waals surface area contributed by atoms with Gasteiger partial charge in [0.2, 0.25) is 0 Å². The second-order valence-corrected chi connectivity index (χ2v) is 6.17. The van der Waals surface area contributed by atoms with Gasteiger partial charge in [-0.2, -0.15) is 0 Å². The molecule has 1 aliphatic carbocycles. The Morgan fingerprint density at radius 2 is 1.91 bits per heavy atom. The summed E-state index contributed by atoms with van der Waals surface area (Å²) in [6.45, 7) is 1.90. The van der Waals surface area contributed by atoms with E-state index in [1.165, 1.54) is 24.0 Å². The molecule has 0 unspecified atom stereocenters. The second-order valence-electron chi connectivity index (χ2n) is 6.17. The van der Waals surface area contributed by atoms with E-state index in [-0.39, 0.29) is 5.69 Å². The number of nitrogens with zero attached hydrogens (tertiary/aromatic N) is 2. The Morgan fingerprint density at radius 3 is 2.70 bits per heavy atom. The highest BCUT2D eigenvalue weighted by molar-refractivity contribution is 5.95. The molecule has 4 rings (SSSR count). The zero-order valence-electron chi connectivity index (χ0n) is 13.0. The van der Waals surface area contributed by atoms with Gasteiger partial charge >= 0.3 is 5.97 Å². The highest BCUT2D eigenvalue weighted by atomic mass is 16.4. The molecular weight excluding hydrogens is 288 g/mol. The topological polar surface area (TPSA) is 54.6 Å². The summed E-state index contributed by atoms with van der Waals surface area (Å²) in [4.78, 5) is 16.4. The van der Waals surface area contributed by atoms with Gasteiger partial charge in [0, 0.05) is 11.3 Å². The van der Waals surface area contributed by atoms with E-state index in [2.05, 4.69) is 17.1 Å². The van der Waals surface area contributed by atoms with Gasteiger partial charge in [0.05, 0.1) is 0 Å². The van der Waals surface area contributed by atoms with Gasteiger partial charge in [0.1, 0.15) is 11.3 Å². The van der Waals surface area contributed by atoms with E-state index in [9.17, 15) is 9.90 Å². The minimum atomic E-state index is -0.945. The molecule has 1 aliphatic rings. The van der Waals surface area contributed by atoms with Gasteiger partial charge in [-0.3, -0.25) is 4.40 Å². The number of aromatic carboxylic acids is 1. The maximum Gasteiger partial charge on any atom is 0.355 e. The molecule has 23 heavy (non-hydrogen) atoms. The number of pyridine rings is 1. The molecule has 116 valence electrons. The average Bonchev–Trinajstić information content (AvgIpc) is 2.95. The summed E-state index contributed by atoms with van der Waals surface area (Å²) in [5.74, 6) is -0.945. The number of imidazole rings is 1. The Hall–Kier alpha value is -2.62. The van der Waals surface area contributed by atoms with Crippen molar-refractivity contribution in [3.8, 4) is 11.3 Å². The third kappa shape index (κ3) is 2.22. The summed E-state index contributed by atoms with van der Waals surface area (Å²) >= 11 is 0. The van der Waals surface area contributed by atoms with Crippen molar-refractivity contribution in [2.24, 2.45) is 0 Å². The molecule has 0 spiro atoms. The van der Waals surface area contributed by atoms with E-state index in [4.69, 9.17) is 0 Å². The average molecular weight is 306 g/mol. The molecule has 0 bridgehead atoms. The molecule has 1 N–H and O–H groups in total. The van der Waals surface area contributed by atoms with Gasteiger partial charge in [0.25, 0.3) is 0 Å². The van der Waals surface area contributed by atoms with E-state index in [0.29, 0.717) is 11.3 Å². The maximum absolute atomic E-state index is 11.9. The molecule has 3 aromatic rings. The summed E-state index contributed by atoms with van der Waals surface area (Å²) in [5.41, 5.74) is 5.96. The zero-order chi connectivity index (χ0) is 16.0. The Bertz CT molecular complexity index is 925.